The van der Waals surface area contributed by atoms with Crippen LogP contribution < -0.4 is 10.6 Å². The fourth-order valence-electron chi connectivity index (χ4n) is 2.00. The van der Waals surface area contributed by atoms with Crippen molar-refractivity contribution in [2.24, 2.45) is 0 Å². The Hall–Kier alpha value is -2.11. The summed E-state index contributed by atoms with van der Waals surface area (Å²) in [7, 11) is 1.66. The molecule has 0 bridgehead atoms. The highest BCUT2D eigenvalue weighted by Gasteiger charge is 2.08. The van der Waals surface area contributed by atoms with Gasteiger partial charge in [0, 0.05) is 37.2 Å². The molecule has 6 heteroatoms. The van der Waals surface area contributed by atoms with E-state index in [-0.39, 0.29) is 10.9 Å². The normalized spacial score (nSPS) is 10.4. The second kappa shape index (κ2) is 8.50. The van der Waals surface area contributed by atoms with Crippen LogP contribution in [0.4, 0.5) is 15.8 Å². The van der Waals surface area contributed by atoms with Crippen LogP contribution in [0, 0.1) is 5.82 Å². The van der Waals surface area contributed by atoms with Gasteiger partial charge in [0.2, 0.25) is 0 Å². The second-order valence-electron chi connectivity index (χ2n) is 4.94. The number of nitrogens with one attached hydrogen (secondary N) is 2. The Balaban J connectivity index is 2.00. The van der Waals surface area contributed by atoms with Crippen molar-refractivity contribution in [1.82, 2.24) is 0 Å². The number of anilines is 2. The summed E-state index contributed by atoms with van der Waals surface area (Å²) in [5.74, 6) is -0.805. The van der Waals surface area contributed by atoms with E-state index in [9.17, 15) is 9.18 Å². The number of benzene rings is 2. The first-order valence-electron chi connectivity index (χ1n) is 7.19. The molecule has 0 unspecified atom stereocenters. The van der Waals surface area contributed by atoms with Crippen LogP contribution >= 0.6 is 11.6 Å². The molecule has 0 aliphatic carbocycles. The SMILES string of the molecule is COCCCNc1cccc(C(=O)Nc2ccc(F)c(Cl)c2)c1. The summed E-state index contributed by atoms with van der Waals surface area (Å²) >= 11 is 5.70. The molecule has 1 amide bonds. The van der Waals surface area contributed by atoms with Crippen molar-refractivity contribution in [2.45, 2.75) is 6.42 Å². The summed E-state index contributed by atoms with van der Waals surface area (Å²) in [5.41, 5.74) is 1.80. The molecule has 122 valence electrons. The van der Waals surface area contributed by atoms with E-state index < -0.39 is 5.82 Å². The first-order valence-corrected chi connectivity index (χ1v) is 7.57. The van der Waals surface area contributed by atoms with Gasteiger partial charge in [-0.15, -0.1) is 0 Å². The molecule has 0 saturated carbocycles. The summed E-state index contributed by atoms with van der Waals surface area (Å²) in [4.78, 5) is 12.2. The number of carbonyl (C=O) groups is 1. The van der Waals surface area contributed by atoms with Gasteiger partial charge in [0.05, 0.1) is 5.02 Å². The smallest absolute Gasteiger partial charge is 0.255 e. The number of methoxy groups -OCH3 is 1. The predicted molar refractivity (Wildman–Crippen MR) is 90.8 cm³/mol. The van der Waals surface area contributed by atoms with Crippen molar-refractivity contribution in [3.63, 3.8) is 0 Å². The maximum Gasteiger partial charge on any atom is 0.255 e. The van der Waals surface area contributed by atoms with Crippen LogP contribution in [-0.4, -0.2) is 26.2 Å². The largest absolute Gasteiger partial charge is 0.385 e. The van der Waals surface area contributed by atoms with E-state index in [1.807, 2.05) is 6.07 Å². The van der Waals surface area contributed by atoms with Crippen LogP contribution in [0.1, 0.15) is 16.8 Å². The Bertz CT molecular complexity index is 679. The number of amides is 1. The lowest BCUT2D eigenvalue weighted by Gasteiger charge is -2.09. The van der Waals surface area contributed by atoms with Crippen molar-refractivity contribution in [1.29, 1.82) is 0 Å². The first-order chi connectivity index (χ1) is 11.1. The van der Waals surface area contributed by atoms with Crippen LogP contribution in [0.5, 0.6) is 0 Å². The number of hydrogen-bond acceptors (Lipinski definition) is 3. The van der Waals surface area contributed by atoms with E-state index in [4.69, 9.17) is 16.3 Å². The Morgan fingerprint density at radius 3 is 2.78 bits per heavy atom. The third-order valence-corrected chi connectivity index (χ3v) is 3.45. The predicted octanol–water partition coefficient (Wildman–Crippen LogP) is 4.18. The number of hydrogen-bond donors (Lipinski definition) is 2. The minimum Gasteiger partial charge on any atom is -0.385 e. The molecule has 2 N–H and O–H groups in total. The standard InChI is InChI=1S/C17H18ClFN2O2/c1-23-9-3-8-20-13-5-2-4-12(10-13)17(22)21-14-6-7-16(19)15(18)11-14/h2,4-7,10-11,20H,3,8-9H2,1H3,(H,21,22). The molecule has 0 fully saturated rings. The van der Waals surface area contributed by atoms with Gasteiger partial charge in [-0.05, 0) is 42.8 Å². The Labute approximate surface area is 139 Å². The highest BCUT2D eigenvalue weighted by atomic mass is 35.5. The maximum atomic E-state index is 13.1. The molecule has 23 heavy (non-hydrogen) atoms. The molecule has 0 aliphatic rings. The Morgan fingerprint density at radius 2 is 2.04 bits per heavy atom. The molecule has 4 nitrogen and oxygen atoms in total. The van der Waals surface area contributed by atoms with Gasteiger partial charge >= 0.3 is 0 Å². The zero-order valence-electron chi connectivity index (χ0n) is 12.7. The van der Waals surface area contributed by atoms with E-state index in [0.29, 0.717) is 17.9 Å². The number of rotatable bonds is 7. The number of halogens is 2. The van der Waals surface area contributed by atoms with Gasteiger partial charge in [-0.2, -0.15) is 0 Å². The molecule has 2 rings (SSSR count). The lowest BCUT2D eigenvalue weighted by molar-refractivity contribution is 0.102. The molecule has 0 aliphatic heterocycles. The molecular formula is C17H18ClFN2O2. The van der Waals surface area contributed by atoms with E-state index in [1.165, 1.54) is 18.2 Å². The molecule has 2 aromatic carbocycles. The summed E-state index contributed by atoms with van der Waals surface area (Å²) in [6.07, 6.45) is 0.876. The van der Waals surface area contributed by atoms with Crippen LogP contribution in [-0.2, 0) is 4.74 Å². The van der Waals surface area contributed by atoms with E-state index in [0.717, 1.165) is 18.7 Å². The maximum absolute atomic E-state index is 13.1. The molecule has 0 heterocycles. The van der Waals surface area contributed by atoms with Gasteiger partial charge in [0.15, 0.2) is 0 Å². The van der Waals surface area contributed by atoms with Gasteiger partial charge in [-0.3, -0.25) is 4.79 Å². The average molecular weight is 337 g/mol. The highest BCUT2D eigenvalue weighted by molar-refractivity contribution is 6.31. The lowest BCUT2D eigenvalue weighted by atomic mass is 10.1. The molecule has 0 atom stereocenters. The number of ether oxygens (including phenoxy) is 1. The van der Waals surface area contributed by atoms with Gasteiger partial charge in [-0.1, -0.05) is 17.7 Å². The zero-order valence-corrected chi connectivity index (χ0v) is 13.5. The van der Waals surface area contributed by atoms with Crippen molar-refractivity contribution in [2.75, 3.05) is 30.9 Å². The van der Waals surface area contributed by atoms with E-state index in [1.54, 1.807) is 25.3 Å². The lowest BCUT2D eigenvalue weighted by Crippen LogP contribution is -2.12. The monoisotopic (exact) mass is 336 g/mol. The van der Waals surface area contributed by atoms with Crippen LogP contribution in [0.15, 0.2) is 42.5 Å². The summed E-state index contributed by atoms with van der Waals surface area (Å²) in [5, 5.41) is 5.89. The Morgan fingerprint density at radius 1 is 1.22 bits per heavy atom. The van der Waals surface area contributed by atoms with Crippen molar-refractivity contribution >= 4 is 28.9 Å². The van der Waals surface area contributed by atoms with Crippen LogP contribution in [0.3, 0.4) is 0 Å². The van der Waals surface area contributed by atoms with Crippen molar-refractivity contribution < 1.29 is 13.9 Å². The quantitative estimate of drug-likeness (QED) is 0.746. The van der Waals surface area contributed by atoms with Crippen molar-refractivity contribution in [3.8, 4) is 0 Å². The van der Waals surface area contributed by atoms with Gasteiger partial charge in [0.1, 0.15) is 5.82 Å². The Kier molecular flexibility index (Phi) is 6.38. The fourth-order valence-corrected chi connectivity index (χ4v) is 2.18. The molecular weight excluding hydrogens is 319 g/mol. The van der Waals surface area contributed by atoms with Gasteiger partial charge < -0.3 is 15.4 Å². The zero-order chi connectivity index (χ0) is 16.7. The van der Waals surface area contributed by atoms with Crippen LogP contribution in [0.2, 0.25) is 5.02 Å². The summed E-state index contributed by atoms with van der Waals surface area (Å²) in [6.45, 7) is 1.44. The summed E-state index contributed by atoms with van der Waals surface area (Å²) < 4.78 is 18.1. The first kappa shape index (κ1) is 17.2. The molecule has 2 aromatic rings. The third-order valence-electron chi connectivity index (χ3n) is 3.16. The molecule has 0 radical (unpaired) electrons. The van der Waals surface area contributed by atoms with E-state index >= 15 is 0 Å². The minimum atomic E-state index is -0.521. The van der Waals surface area contributed by atoms with Crippen molar-refractivity contribution in [3.05, 3.63) is 58.9 Å². The highest BCUT2D eigenvalue weighted by Crippen LogP contribution is 2.20. The molecule has 0 spiro atoms. The van der Waals surface area contributed by atoms with Crippen LogP contribution in [0.25, 0.3) is 0 Å². The molecule has 0 saturated heterocycles. The molecule has 0 aromatic heterocycles. The summed E-state index contributed by atoms with van der Waals surface area (Å²) in [6, 6.07) is 11.2. The average Bonchev–Trinajstić information content (AvgIpc) is 2.55. The number of carbonyl (C=O) groups excluding carboxylic acids is 1. The fraction of sp³-hybridized carbons (Fsp3) is 0.235. The second-order valence-corrected chi connectivity index (χ2v) is 5.34. The van der Waals surface area contributed by atoms with Gasteiger partial charge in [-0.25, -0.2) is 4.39 Å². The topological polar surface area (TPSA) is 50.4 Å². The third kappa shape index (κ3) is 5.23. The van der Waals surface area contributed by atoms with Gasteiger partial charge in [0.25, 0.3) is 5.91 Å². The minimum absolute atomic E-state index is 0.0311. The van der Waals surface area contributed by atoms with E-state index in [2.05, 4.69) is 10.6 Å².